The number of nitrogens with one attached hydrogen (secondary N) is 1. The highest BCUT2D eigenvalue weighted by atomic mass is 16.1. The maximum atomic E-state index is 12.2. The highest BCUT2D eigenvalue weighted by Gasteiger charge is 2.25. The van der Waals surface area contributed by atoms with Crippen LogP contribution in [0.5, 0.6) is 0 Å². The standard InChI is InChI=1S/C16H28N4O/c1-4-9-17-15(13-7-5-6-8-13)12-20-16(21)10-14(11-18-20)19(2)3/h10-11,13,15,17H,4-9,12H2,1-3H3. The van der Waals surface area contributed by atoms with E-state index in [1.807, 2.05) is 19.0 Å². The number of rotatable bonds is 7. The van der Waals surface area contributed by atoms with Gasteiger partial charge in [-0.3, -0.25) is 4.79 Å². The predicted molar refractivity (Wildman–Crippen MR) is 86.9 cm³/mol. The van der Waals surface area contributed by atoms with E-state index in [4.69, 9.17) is 0 Å². The average molecular weight is 292 g/mol. The minimum atomic E-state index is -0.0116. The Balaban J connectivity index is 2.10. The van der Waals surface area contributed by atoms with Gasteiger partial charge in [0.1, 0.15) is 0 Å². The zero-order chi connectivity index (χ0) is 15.2. The van der Waals surface area contributed by atoms with E-state index < -0.39 is 0 Å². The summed E-state index contributed by atoms with van der Waals surface area (Å²) >= 11 is 0. The summed E-state index contributed by atoms with van der Waals surface area (Å²) < 4.78 is 1.61. The summed E-state index contributed by atoms with van der Waals surface area (Å²) in [4.78, 5) is 14.1. The Labute approximate surface area is 127 Å². The van der Waals surface area contributed by atoms with E-state index in [1.165, 1.54) is 25.7 Å². The van der Waals surface area contributed by atoms with Crippen LogP contribution in [0.1, 0.15) is 39.0 Å². The van der Waals surface area contributed by atoms with Crippen molar-refractivity contribution in [3.05, 3.63) is 22.6 Å². The Bertz CT molecular complexity index is 491. The fourth-order valence-corrected chi connectivity index (χ4v) is 3.06. The van der Waals surface area contributed by atoms with Crippen LogP contribution in [-0.2, 0) is 6.54 Å². The lowest BCUT2D eigenvalue weighted by Crippen LogP contribution is -2.42. The minimum Gasteiger partial charge on any atom is -0.376 e. The first kappa shape index (κ1) is 16.0. The summed E-state index contributed by atoms with van der Waals surface area (Å²) in [5.74, 6) is 0.679. The van der Waals surface area contributed by atoms with Gasteiger partial charge in [-0.2, -0.15) is 5.10 Å². The summed E-state index contributed by atoms with van der Waals surface area (Å²) in [6.45, 7) is 3.86. The van der Waals surface area contributed by atoms with Crippen LogP contribution < -0.4 is 15.8 Å². The average Bonchev–Trinajstić information content (AvgIpc) is 2.98. The minimum absolute atomic E-state index is 0.0116. The topological polar surface area (TPSA) is 50.2 Å². The van der Waals surface area contributed by atoms with Crippen LogP contribution in [0.3, 0.4) is 0 Å². The molecule has 1 atom stereocenters. The molecule has 1 unspecified atom stereocenters. The lowest BCUT2D eigenvalue weighted by atomic mass is 9.98. The molecule has 0 radical (unpaired) electrons. The zero-order valence-electron chi connectivity index (χ0n) is 13.5. The van der Waals surface area contributed by atoms with Crippen molar-refractivity contribution >= 4 is 5.69 Å². The Morgan fingerprint density at radius 3 is 2.71 bits per heavy atom. The molecule has 1 aliphatic rings. The molecule has 5 heteroatoms. The van der Waals surface area contributed by atoms with Crippen LogP contribution in [0, 0.1) is 5.92 Å². The summed E-state index contributed by atoms with van der Waals surface area (Å²) in [6.07, 6.45) is 8.06. The molecule has 1 heterocycles. The summed E-state index contributed by atoms with van der Waals surface area (Å²) in [6, 6.07) is 2.03. The van der Waals surface area contributed by atoms with Crippen molar-refractivity contribution in [1.82, 2.24) is 15.1 Å². The first-order valence-electron chi connectivity index (χ1n) is 8.09. The van der Waals surface area contributed by atoms with Crippen LogP contribution in [0.4, 0.5) is 5.69 Å². The fraction of sp³-hybridized carbons (Fsp3) is 0.750. The van der Waals surface area contributed by atoms with E-state index in [-0.39, 0.29) is 5.56 Å². The fourth-order valence-electron chi connectivity index (χ4n) is 3.06. The van der Waals surface area contributed by atoms with Crippen molar-refractivity contribution in [3.63, 3.8) is 0 Å². The van der Waals surface area contributed by atoms with E-state index in [0.29, 0.717) is 18.5 Å². The maximum absolute atomic E-state index is 12.2. The molecule has 0 aliphatic heterocycles. The van der Waals surface area contributed by atoms with Crippen molar-refractivity contribution in [2.75, 3.05) is 25.5 Å². The van der Waals surface area contributed by atoms with Crippen molar-refractivity contribution in [2.45, 2.75) is 51.6 Å². The second-order valence-electron chi connectivity index (χ2n) is 6.23. The van der Waals surface area contributed by atoms with Crippen molar-refractivity contribution in [3.8, 4) is 0 Å². The third-order valence-corrected chi connectivity index (χ3v) is 4.37. The molecule has 0 amide bonds. The number of hydrogen-bond acceptors (Lipinski definition) is 4. The van der Waals surface area contributed by atoms with Crippen LogP contribution in [-0.4, -0.2) is 36.5 Å². The number of hydrogen-bond donors (Lipinski definition) is 1. The molecule has 5 nitrogen and oxygen atoms in total. The van der Waals surface area contributed by atoms with Gasteiger partial charge < -0.3 is 10.2 Å². The summed E-state index contributed by atoms with van der Waals surface area (Å²) in [5, 5.41) is 7.96. The van der Waals surface area contributed by atoms with Crippen LogP contribution >= 0.6 is 0 Å². The third kappa shape index (κ3) is 4.30. The van der Waals surface area contributed by atoms with E-state index >= 15 is 0 Å². The zero-order valence-corrected chi connectivity index (χ0v) is 13.5. The van der Waals surface area contributed by atoms with Gasteiger partial charge in [0.25, 0.3) is 5.56 Å². The normalized spacial score (nSPS) is 17.1. The highest BCUT2D eigenvalue weighted by Crippen LogP contribution is 2.28. The first-order valence-corrected chi connectivity index (χ1v) is 8.09. The maximum Gasteiger partial charge on any atom is 0.268 e. The largest absolute Gasteiger partial charge is 0.376 e. The molecule has 1 N–H and O–H groups in total. The molecule has 1 saturated carbocycles. The smallest absolute Gasteiger partial charge is 0.268 e. The molecule has 118 valence electrons. The highest BCUT2D eigenvalue weighted by molar-refractivity contribution is 5.40. The number of nitrogens with zero attached hydrogens (tertiary/aromatic N) is 3. The van der Waals surface area contributed by atoms with Crippen LogP contribution in [0.25, 0.3) is 0 Å². The van der Waals surface area contributed by atoms with Gasteiger partial charge in [0.05, 0.1) is 18.4 Å². The van der Waals surface area contributed by atoms with Gasteiger partial charge in [-0.05, 0) is 31.7 Å². The van der Waals surface area contributed by atoms with Crippen molar-refractivity contribution < 1.29 is 0 Å². The van der Waals surface area contributed by atoms with Gasteiger partial charge in [0.2, 0.25) is 0 Å². The second-order valence-corrected chi connectivity index (χ2v) is 6.23. The summed E-state index contributed by atoms with van der Waals surface area (Å²) in [5.41, 5.74) is 0.845. The predicted octanol–water partition coefficient (Wildman–Crippen LogP) is 1.87. The van der Waals surface area contributed by atoms with E-state index in [0.717, 1.165) is 18.7 Å². The quantitative estimate of drug-likeness (QED) is 0.833. The number of aromatic nitrogens is 2. The second kappa shape index (κ2) is 7.59. The molecule has 1 aromatic heterocycles. The molecule has 2 rings (SSSR count). The molecular formula is C16H28N4O. The van der Waals surface area contributed by atoms with Gasteiger partial charge in [-0.15, -0.1) is 0 Å². The Morgan fingerprint density at radius 1 is 1.43 bits per heavy atom. The van der Waals surface area contributed by atoms with E-state index in [1.54, 1.807) is 16.9 Å². The summed E-state index contributed by atoms with van der Waals surface area (Å²) in [7, 11) is 3.84. The van der Waals surface area contributed by atoms with Crippen LogP contribution in [0.2, 0.25) is 0 Å². The number of anilines is 1. The van der Waals surface area contributed by atoms with E-state index in [9.17, 15) is 4.79 Å². The van der Waals surface area contributed by atoms with Crippen molar-refractivity contribution in [1.29, 1.82) is 0 Å². The molecule has 0 saturated heterocycles. The molecular weight excluding hydrogens is 264 g/mol. The van der Waals surface area contributed by atoms with Gasteiger partial charge in [-0.1, -0.05) is 19.8 Å². The molecule has 21 heavy (non-hydrogen) atoms. The SMILES string of the molecule is CCCNC(Cn1ncc(N(C)C)cc1=O)C1CCCC1. The monoisotopic (exact) mass is 292 g/mol. The Kier molecular flexibility index (Phi) is 5.79. The van der Waals surface area contributed by atoms with E-state index in [2.05, 4.69) is 17.3 Å². The van der Waals surface area contributed by atoms with Gasteiger partial charge in [-0.25, -0.2) is 4.68 Å². The molecule has 1 aromatic rings. The van der Waals surface area contributed by atoms with Crippen LogP contribution in [0.15, 0.2) is 17.1 Å². The molecule has 1 aliphatic carbocycles. The van der Waals surface area contributed by atoms with Gasteiger partial charge in [0, 0.05) is 26.2 Å². The first-order chi connectivity index (χ1) is 10.1. The molecule has 0 aromatic carbocycles. The Morgan fingerprint density at radius 2 is 2.14 bits per heavy atom. The lowest BCUT2D eigenvalue weighted by molar-refractivity contribution is 0.307. The van der Waals surface area contributed by atoms with Crippen molar-refractivity contribution in [2.24, 2.45) is 5.92 Å². The Hall–Kier alpha value is -1.36. The molecule has 0 bridgehead atoms. The lowest BCUT2D eigenvalue weighted by Gasteiger charge is -2.25. The van der Waals surface area contributed by atoms with Gasteiger partial charge >= 0.3 is 0 Å². The molecule has 0 spiro atoms. The van der Waals surface area contributed by atoms with Gasteiger partial charge in [0.15, 0.2) is 0 Å². The molecule has 1 fully saturated rings. The third-order valence-electron chi connectivity index (χ3n) is 4.37.